The maximum absolute atomic E-state index is 15.3. The van der Waals surface area contributed by atoms with Crippen molar-refractivity contribution in [3.8, 4) is 28.3 Å². The topological polar surface area (TPSA) is 69.1 Å². The van der Waals surface area contributed by atoms with E-state index in [1.165, 1.54) is 6.07 Å². The van der Waals surface area contributed by atoms with Gasteiger partial charge in [0, 0.05) is 23.1 Å². The Kier molecular flexibility index (Phi) is 6.67. The average molecular weight is 611 g/mol. The lowest BCUT2D eigenvalue weighted by Gasteiger charge is -2.39. The highest BCUT2D eigenvalue weighted by atomic mass is 32.2. The van der Waals surface area contributed by atoms with Gasteiger partial charge in [-0.3, -0.25) is 0 Å². The number of aromatic hydroxyl groups is 1. The number of alkyl halides is 3. The first-order chi connectivity index (χ1) is 19.7. The van der Waals surface area contributed by atoms with Crippen molar-refractivity contribution < 1.29 is 27.8 Å². The van der Waals surface area contributed by atoms with Crippen molar-refractivity contribution >= 4 is 36.3 Å². The molecule has 0 aliphatic heterocycles. The van der Waals surface area contributed by atoms with Gasteiger partial charge in [-0.2, -0.15) is 38.4 Å². The number of aromatic nitrogens is 2. The number of aryl methyl sites for hydroxylation is 2. The van der Waals surface area contributed by atoms with Crippen LogP contribution in [0.5, 0.6) is 5.75 Å². The van der Waals surface area contributed by atoms with Gasteiger partial charge in [-0.25, -0.2) is 9.37 Å². The number of H-pyrrole nitrogens is 1. The summed E-state index contributed by atoms with van der Waals surface area (Å²) in [6.45, 7) is 3.78. The lowest BCUT2D eigenvalue weighted by Crippen LogP contribution is -2.46. The molecule has 1 unspecified atom stereocenters. The summed E-state index contributed by atoms with van der Waals surface area (Å²) in [5, 5.41) is 22.4. The van der Waals surface area contributed by atoms with E-state index in [9.17, 15) is 14.6 Å². The second-order valence-electron chi connectivity index (χ2n) is 10.9. The molecule has 216 valence electrons. The fourth-order valence-electron chi connectivity index (χ4n) is 6.09. The molecule has 0 amide bonds. The first kappa shape index (κ1) is 28.6. The van der Waals surface area contributed by atoms with Gasteiger partial charge < -0.3 is 15.2 Å². The molecule has 5 aromatic rings. The van der Waals surface area contributed by atoms with Crippen molar-refractivity contribution in [2.75, 3.05) is 0 Å². The summed E-state index contributed by atoms with van der Waals surface area (Å²) in [6, 6.07) is 17.2. The molecule has 0 saturated carbocycles. The molecule has 1 aliphatic carbocycles. The van der Waals surface area contributed by atoms with E-state index in [4.69, 9.17) is 0 Å². The number of aliphatic hydroxyl groups is 1. The molecule has 10 heteroatoms. The van der Waals surface area contributed by atoms with E-state index in [2.05, 4.69) is 35.2 Å². The lowest BCUT2D eigenvalue weighted by molar-refractivity contribution is -0.270. The number of phenolic OH excluding ortho intramolecular Hbond substituents is 1. The van der Waals surface area contributed by atoms with Gasteiger partial charge in [0.25, 0.3) is 0 Å². The fraction of sp³-hybridized carbons (Fsp3) is 0.219. The molecular formula is C32H26F4N2O2S2. The molecular weight excluding hydrogens is 584 g/mol. The Labute approximate surface area is 250 Å². The first-order valence-corrected chi connectivity index (χ1v) is 14.0. The number of aromatic amines is 1. The smallest absolute Gasteiger partial charge is 0.421 e. The summed E-state index contributed by atoms with van der Waals surface area (Å²) in [5.74, 6) is -1.14. The Bertz CT molecular complexity index is 1880. The van der Waals surface area contributed by atoms with Gasteiger partial charge in [-0.15, -0.1) is 0 Å². The second-order valence-corrected chi connectivity index (χ2v) is 12.8. The van der Waals surface area contributed by atoms with E-state index >= 15 is 13.2 Å². The molecule has 0 fully saturated rings. The van der Waals surface area contributed by atoms with Crippen molar-refractivity contribution in [2.24, 2.45) is 0 Å². The number of imidazole rings is 1. The Balaban J connectivity index is 1.64. The summed E-state index contributed by atoms with van der Waals surface area (Å²) in [7, 11) is 0. The van der Waals surface area contributed by atoms with Gasteiger partial charge in [-0.05, 0) is 77.9 Å². The standard InChI is InChI=1S/C32H26F4N2O2S2/c1-16-11-17(2)28-25(12-16)37-29(38-28)22-9-8-21-20-6-4-3-5-18(20)13-23(21)27(22)30(40,32(34,35)36)15-31(41,42)24-14-19(33)7-10-26(24)39/h3-12,14,39-42H,13,15H2,1-2H3,(H,37,38). The quantitative estimate of drug-likeness (QED) is 0.0778. The Morgan fingerprint density at radius 2 is 1.64 bits per heavy atom. The van der Waals surface area contributed by atoms with E-state index in [0.29, 0.717) is 22.2 Å². The Hall–Kier alpha value is -3.47. The van der Waals surface area contributed by atoms with Gasteiger partial charge >= 0.3 is 6.18 Å². The number of halogens is 4. The Morgan fingerprint density at radius 1 is 0.929 bits per heavy atom. The SMILES string of the molecule is Cc1cc(C)c2nc(-c3ccc4c(c3C(O)(CC(S)(S)c3cc(F)ccc3O)C(F)(F)F)Cc3ccccc3-4)[nH]c2c1. The van der Waals surface area contributed by atoms with Crippen molar-refractivity contribution in [1.29, 1.82) is 0 Å². The third kappa shape index (κ3) is 4.56. The van der Waals surface area contributed by atoms with Crippen LogP contribution in [0, 0.1) is 19.7 Å². The predicted octanol–water partition coefficient (Wildman–Crippen LogP) is 8.12. The molecule has 1 atom stereocenters. The minimum Gasteiger partial charge on any atom is -0.508 e. The molecule has 4 nitrogen and oxygen atoms in total. The van der Waals surface area contributed by atoms with Gasteiger partial charge in [0.2, 0.25) is 0 Å². The number of benzene rings is 4. The predicted molar refractivity (Wildman–Crippen MR) is 162 cm³/mol. The van der Waals surface area contributed by atoms with Crippen LogP contribution in [0.2, 0.25) is 0 Å². The molecule has 0 spiro atoms. The van der Waals surface area contributed by atoms with Crippen LogP contribution >= 0.6 is 25.3 Å². The molecule has 1 aliphatic rings. The molecule has 3 N–H and O–H groups in total. The van der Waals surface area contributed by atoms with Gasteiger partial charge in [-0.1, -0.05) is 42.5 Å². The van der Waals surface area contributed by atoms with Crippen LogP contribution in [-0.4, -0.2) is 26.4 Å². The van der Waals surface area contributed by atoms with Gasteiger partial charge in [0.1, 0.15) is 17.4 Å². The molecule has 42 heavy (non-hydrogen) atoms. The Morgan fingerprint density at radius 3 is 2.38 bits per heavy atom. The zero-order chi connectivity index (χ0) is 30.2. The van der Waals surface area contributed by atoms with Crippen LogP contribution in [0.4, 0.5) is 17.6 Å². The number of nitrogens with zero attached hydrogens (tertiary/aromatic N) is 1. The van der Waals surface area contributed by atoms with Gasteiger partial charge in [0.15, 0.2) is 5.60 Å². The van der Waals surface area contributed by atoms with E-state index < -0.39 is 33.8 Å². The summed E-state index contributed by atoms with van der Waals surface area (Å²) in [6.07, 6.45) is -6.24. The molecule has 1 heterocycles. The summed E-state index contributed by atoms with van der Waals surface area (Å²) in [4.78, 5) is 7.84. The van der Waals surface area contributed by atoms with E-state index in [1.807, 2.05) is 44.2 Å². The number of hydrogen-bond acceptors (Lipinski definition) is 5. The van der Waals surface area contributed by atoms with E-state index in [-0.39, 0.29) is 28.9 Å². The molecule has 0 saturated heterocycles. The summed E-state index contributed by atoms with van der Waals surface area (Å²) in [5.41, 5.74) is 1.33. The first-order valence-electron chi connectivity index (χ1n) is 13.1. The molecule has 0 bridgehead atoms. The van der Waals surface area contributed by atoms with Crippen LogP contribution in [0.3, 0.4) is 0 Å². The largest absolute Gasteiger partial charge is 0.508 e. The number of thiol groups is 2. The van der Waals surface area contributed by atoms with Crippen LogP contribution in [0.25, 0.3) is 33.5 Å². The van der Waals surface area contributed by atoms with Gasteiger partial charge in [0.05, 0.1) is 15.1 Å². The third-order valence-electron chi connectivity index (χ3n) is 7.94. The summed E-state index contributed by atoms with van der Waals surface area (Å²) >= 11 is 8.73. The lowest BCUT2D eigenvalue weighted by atomic mass is 9.79. The zero-order valence-corrected chi connectivity index (χ0v) is 24.3. The average Bonchev–Trinajstić information content (AvgIpc) is 3.50. The third-order valence-corrected chi connectivity index (χ3v) is 8.74. The van der Waals surface area contributed by atoms with Crippen LogP contribution in [0.15, 0.2) is 66.7 Å². The maximum Gasteiger partial charge on any atom is 0.421 e. The normalized spacial score (nSPS) is 14.6. The number of phenols is 1. The highest BCUT2D eigenvalue weighted by molar-refractivity contribution is 7.99. The highest BCUT2D eigenvalue weighted by Gasteiger charge is 2.60. The van der Waals surface area contributed by atoms with Crippen molar-refractivity contribution in [3.63, 3.8) is 0 Å². The van der Waals surface area contributed by atoms with Crippen LogP contribution < -0.4 is 0 Å². The number of hydrogen-bond donors (Lipinski definition) is 5. The highest BCUT2D eigenvalue weighted by Crippen LogP contribution is 2.56. The number of fused-ring (bicyclic) bond motifs is 4. The minimum absolute atomic E-state index is 0.0653. The molecule has 0 radical (unpaired) electrons. The summed E-state index contributed by atoms with van der Waals surface area (Å²) < 4.78 is 58.1. The molecule has 4 aromatic carbocycles. The van der Waals surface area contributed by atoms with Crippen LogP contribution in [-0.2, 0) is 16.1 Å². The monoisotopic (exact) mass is 610 g/mol. The van der Waals surface area contributed by atoms with Crippen molar-refractivity contribution in [3.05, 3.63) is 106 Å². The number of rotatable bonds is 5. The van der Waals surface area contributed by atoms with E-state index in [1.54, 1.807) is 12.1 Å². The molecule has 1 aromatic heterocycles. The fourth-order valence-corrected chi connectivity index (χ4v) is 6.91. The van der Waals surface area contributed by atoms with E-state index in [0.717, 1.165) is 40.5 Å². The second kappa shape index (κ2) is 9.79. The molecule has 6 rings (SSSR count). The van der Waals surface area contributed by atoms with Crippen LogP contribution in [0.1, 0.15) is 39.8 Å². The maximum atomic E-state index is 15.3. The van der Waals surface area contributed by atoms with Crippen molar-refractivity contribution in [1.82, 2.24) is 9.97 Å². The number of nitrogens with one attached hydrogen (secondary N) is 1. The minimum atomic E-state index is -5.23. The van der Waals surface area contributed by atoms with Crippen molar-refractivity contribution in [2.45, 2.75) is 42.5 Å². The zero-order valence-electron chi connectivity index (χ0n) is 22.5.